The molecule has 0 fully saturated rings. The maximum Gasteiger partial charge on any atom is 0.226 e. The van der Waals surface area contributed by atoms with Crippen LogP contribution in [0.2, 0.25) is 5.02 Å². The molecule has 0 unspecified atom stereocenters. The maximum atomic E-state index is 12.4. The van der Waals surface area contributed by atoms with Gasteiger partial charge in [0, 0.05) is 42.5 Å². The van der Waals surface area contributed by atoms with Crippen molar-refractivity contribution in [2.24, 2.45) is 0 Å². The summed E-state index contributed by atoms with van der Waals surface area (Å²) in [4.78, 5) is 16.5. The van der Waals surface area contributed by atoms with Crippen molar-refractivity contribution in [1.82, 2.24) is 9.55 Å². The second-order valence-corrected chi connectivity index (χ2v) is 6.03. The summed E-state index contributed by atoms with van der Waals surface area (Å²) < 4.78 is 2.08. The molecule has 1 aromatic carbocycles. The molecule has 3 aromatic rings. The molecule has 0 saturated heterocycles. The Balaban J connectivity index is 1.74. The molecule has 0 aliphatic carbocycles. The Kier molecular flexibility index (Phi) is 5.29. The number of benzene rings is 1. The van der Waals surface area contributed by atoms with Crippen LogP contribution in [0.15, 0.2) is 73.2 Å². The van der Waals surface area contributed by atoms with E-state index in [1.54, 1.807) is 12.3 Å². The molecule has 1 N–H and O–H groups in total. The van der Waals surface area contributed by atoms with E-state index in [1.807, 2.05) is 60.9 Å². The van der Waals surface area contributed by atoms with Gasteiger partial charge in [-0.3, -0.25) is 4.79 Å². The van der Waals surface area contributed by atoms with Crippen LogP contribution in [-0.4, -0.2) is 15.5 Å². The second-order valence-electron chi connectivity index (χ2n) is 5.60. The lowest BCUT2D eigenvalue weighted by molar-refractivity contribution is -0.116. The number of carbonyl (C=O) groups is 1. The van der Waals surface area contributed by atoms with Gasteiger partial charge in [-0.15, -0.1) is 0 Å². The number of halogens is 1. The van der Waals surface area contributed by atoms with Gasteiger partial charge in [0.25, 0.3) is 0 Å². The first-order valence-electron chi connectivity index (χ1n) is 7.78. The summed E-state index contributed by atoms with van der Waals surface area (Å²) in [6.45, 7) is 0.726. The molecule has 2 aromatic heterocycles. The summed E-state index contributed by atoms with van der Waals surface area (Å²) in [5, 5.41) is 3.54. The van der Waals surface area contributed by atoms with E-state index in [4.69, 9.17) is 11.6 Å². The van der Waals surface area contributed by atoms with Gasteiger partial charge in [0.15, 0.2) is 0 Å². The van der Waals surface area contributed by atoms with Crippen LogP contribution >= 0.6 is 11.6 Å². The standard InChI is InChI=1S/C19H18ClN3O/c20-17-8-6-15(7-9-17)16(14-23-11-3-4-12-23)13-19(24)22-18-5-1-2-10-21-18/h1-12,16H,13-14H2,(H,21,22,24)/t16-/m0/s1. The molecular weight excluding hydrogens is 322 g/mol. The first-order chi connectivity index (χ1) is 11.7. The van der Waals surface area contributed by atoms with E-state index in [0.717, 1.165) is 12.1 Å². The van der Waals surface area contributed by atoms with E-state index >= 15 is 0 Å². The average molecular weight is 340 g/mol. The molecule has 0 bridgehead atoms. The summed E-state index contributed by atoms with van der Waals surface area (Å²) in [5.41, 5.74) is 1.09. The molecule has 5 heteroatoms. The van der Waals surface area contributed by atoms with Gasteiger partial charge in [-0.25, -0.2) is 4.98 Å². The number of amides is 1. The highest BCUT2D eigenvalue weighted by molar-refractivity contribution is 6.30. The minimum absolute atomic E-state index is 0.0541. The van der Waals surface area contributed by atoms with Gasteiger partial charge in [-0.1, -0.05) is 29.8 Å². The van der Waals surface area contributed by atoms with Crippen molar-refractivity contribution in [2.75, 3.05) is 5.32 Å². The van der Waals surface area contributed by atoms with E-state index in [0.29, 0.717) is 17.3 Å². The van der Waals surface area contributed by atoms with E-state index in [2.05, 4.69) is 14.9 Å². The van der Waals surface area contributed by atoms with Crippen LogP contribution in [0, 0.1) is 0 Å². The molecule has 1 amide bonds. The van der Waals surface area contributed by atoms with E-state index in [1.165, 1.54) is 0 Å². The Morgan fingerprint density at radius 3 is 2.50 bits per heavy atom. The van der Waals surface area contributed by atoms with Crippen molar-refractivity contribution in [3.8, 4) is 0 Å². The van der Waals surface area contributed by atoms with Gasteiger partial charge in [0.2, 0.25) is 5.91 Å². The molecule has 4 nitrogen and oxygen atoms in total. The molecule has 0 spiro atoms. The van der Waals surface area contributed by atoms with Crippen molar-refractivity contribution in [3.05, 3.63) is 83.8 Å². The monoisotopic (exact) mass is 339 g/mol. The van der Waals surface area contributed by atoms with Crippen molar-refractivity contribution in [1.29, 1.82) is 0 Å². The molecule has 0 aliphatic heterocycles. The lowest BCUT2D eigenvalue weighted by atomic mass is 9.95. The van der Waals surface area contributed by atoms with Gasteiger partial charge in [0.05, 0.1) is 0 Å². The second kappa shape index (κ2) is 7.79. The van der Waals surface area contributed by atoms with Crippen LogP contribution < -0.4 is 5.32 Å². The topological polar surface area (TPSA) is 46.9 Å². The number of rotatable bonds is 6. The number of hydrogen-bond acceptors (Lipinski definition) is 2. The molecule has 1 atom stereocenters. The summed E-state index contributed by atoms with van der Waals surface area (Å²) in [7, 11) is 0. The normalized spacial score (nSPS) is 11.9. The maximum absolute atomic E-state index is 12.4. The van der Waals surface area contributed by atoms with Gasteiger partial charge in [-0.05, 0) is 42.0 Å². The first-order valence-corrected chi connectivity index (χ1v) is 8.15. The summed E-state index contributed by atoms with van der Waals surface area (Å²) in [5.74, 6) is 0.567. The highest BCUT2D eigenvalue weighted by Crippen LogP contribution is 2.24. The van der Waals surface area contributed by atoms with Crippen molar-refractivity contribution in [2.45, 2.75) is 18.9 Å². The Labute approximate surface area is 146 Å². The zero-order chi connectivity index (χ0) is 16.8. The minimum Gasteiger partial charge on any atom is -0.354 e. The third-order valence-electron chi connectivity index (χ3n) is 3.80. The van der Waals surface area contributed by atoms with Crippen LogP contribution in [0.25, 0.3) is 0 Å². The van der Waals surface area contributed by atoms with Crippen LogP contribution in [0.3, 0.4) is 0 Å². The van der Waals surface area contributed by atoms with Crippen LogP contribution in [0.4, 0.5) is 5.82 Å². The predicted octanol–water partition coefficient (Wildman–Crippen LogP) is 4.35. The van der Waals surface area contributed by atoms with Gasteiger partial charge in [0.1, 0.15) is 5.82 Å². The molecule has 24 heavy (non-hydrogen) atoms. The van der Waals surface area contributed by atoms with Crippen LogP contribution in [0.5, 0.6) is 0 Å². The molecule has 0 radical (unpaired) electrons. The third kappa shape index (κ3) is 4.46. The van der Waals surface area contributed by atoms with E-state index in [-0.39, 0.29) is 11.8 Å². The number of nitrogens with one attached hydrogen (secondary N) is 1. The van der Waals surface area contributed by atoms with Crippen LogP contribution in [-0.2, 0) is 11.3 Å². The van der Waals surface area contributed by atoms with Gasteiger partial charge < -0.3 is 9.88 Å². The molecule has 3 rings (SSSR count). The lowest BCUT2D eigenvalue weighted by Gasteiger charge is -2.18. The SMILES string of the molecule is O=C(C[C@@H](Cn1cccc1)c1ccc(Cl)cc1)Nc1ccccn1. The largest absolute Gasteiger partial charge is 0.354 e. The number of anilines is 1. The highest BCUT2D eigenvalue weighted by Gasteiger charge is 2.17. The zero-order valence-electron chi connectivity index (χ0n) is 13.1. The smallest absolute Gasteiger partial charge is 0.226 e. The van der Waals surface area contributed by atoms with Gasteiger partial charge >= 0.3 is 0 Å². The van der Waals surface area contributed by atoms with Crippen molar-refractivity contribution in [3.63, 3.8) is 0 Å². The fraction of sp³-hybridized carbons (Fsp3) is 0.158. The Bertz CT molecular complexity index is 770. The zero-order valence-corrected chi connectivity index (χ0v) is 13.9. The molecule has 0 aliphatic rings. The number of carbonyl (C=O) groups excluding carboxylic acids is 1. The molecule has 0 saturated carbocycles. The van der Waals surface area contributed by atoms with Crippen LogP contribution in [0.1, 0.15) is 17.9 Å². The van der Waals surface area contributed by atoms with E-state index < -0.39 is 0 Å². The number of hydrogen-bond donors (Lipinski definition) is 1. The van der Waals surface area contributed by atoms with Crippen molar-refractivity contribution >= 4 is 23.3 Å². The highest BCUT2D eigenvalue weighted by atomic mass is 35.5. The lowest BCUT2D eigenvalue weighted by Crippen LogP contribution is -2.19. The van der Waals surface area contributed by atoms with Gasteiger partial charge in [-0.2, -0.15) is 0 Å². The number of nitrogens with zero attached hydrogens (tertiary/aromatic N) is 2. The molecule has 122 valence electrons. The number of pyridine rings is 1. The summed E-state index contributed by atoms with van der Waals surface area (Å²) in [6.07, 6.45) is 6.03. The fourth-order valence-corrected chi connectivity index (χ4v) is 2.75. The summed E-state index contributed by atoms with van der Waals surface area (Å²) in [6, 6.07) is 17.1. The fourth-order valence-electron chi connectivity index (χ4n) is 2.62. The third-order valence-corrected chi connectivity index (χ3v) is 4.05. The predicted molar refractivity (Wildman–Crippen MR) is 96.1 cm³/mol. The summed E-state index contributed by atoms with van der Waals surface area (Å²) >= 11 is 5.98. The first kappa shape index (κ1) is 16.3. The quantitative estimate of drug-likeness (QED) is 0.725. The Morgan fingerprint density at radius 1 is 1.08 bits per heavy atom. The number of aromatic nitrogens is 2. The molecule has 2 heterocycles. The average Bonchev–Trinajstić information content (AvgIpc) is 3.09. The molecular formula is C19H18ClN3O. The van der Waals surface area contributed by atoms with Crippen molar-refractivity contribution < 1.29 is 4.79 Å². The minimum atomic E-state index is -0.0548. The Morgan fingerprint density at radius 2 is 1.83 bits per heavy atom. The Hall–Kier alpha value is -2.59. The van der Waals surface area contributed by atoms with E-state index in [9.17, 15) is 4.79 Å².